The molecule has 1 rings (SSSR count). The van der Waals surface area contributed by atoms with Crippen LogP contribution in [0.1, 0.15) is 62.7 Å². The summed E-state index contributed by atoms with van der Waals surface area (Å²) in [7, 11) is 0. The Bertz CT molecular complexity index is 441. The standard InChI is InChI=1S/C14H23NO5/c1-7-17-13(18-8-2)11-10(9(3)15-20-11)12(16)19-14(4,5)6/h13H,7-8H2,1-6H3. The molecule has 0 saturated carbocycles. The molecule has 0 radical (unpaired) electrons. The predicted molar refractivity (Wildman–Crippen MR) is 72.4 cm³/mol. The third-order valence-corrected chi connectivity index (χ3v) is 2.34. The van der Waals surface area contributed by atoms with Gasteiger partial charge in [-0.05, 0) is 41.5 Å². The average molecular weight is 285 g/mol. The van der Waals surface area contributed by atoms with Gasteiger partial charge in [-0.15, -0.1) is 0 Å². The van der Waals surface area contributed by atoms with E-state index in [1.807, 2.05) is 13.8 Å². The van der Waals surface area contributed by atoms with Crippen molar-refractivity contribution in [2.45, 2.75) is 53.4 Å². The number of ether oxygens (including phenoxy) is 3. The molecule has 0 N–H and O–H groups in total. The maximum absolute atomic E-state index is 12.2. The number of hydrogen-bond acceptors (Lipinski definition) is 6. The van der Waals surface area contributed by atoms with Crippen molar-refractivity contribution in [1.29, 1.82) is 0 Å². The molecule has 0 fully saturated rings. The summed E-state index contributed by atoms with van der Waals surface area (Å²) in [5.74, 6) is -0.240. The minimum atomic E-state index is -0.756. The van der Waals surface area contributed by atoms with Crippen LogP contribution in [0.2, 0.25) is 0 Å². The van der Waals surface area contributed by atoms with Gasteiger partial charge in [0.1, 0.15) is 11.2 Å². The Morgan fingerprint density at radius 3 is 2.25 bits per heavy atom. The van der Waals surface area contributed by atoms with E-state index in [2.05, 4.69) is 5.16 Å². The van der Waals surface area contributed by atoms with Crippen molar-refractivity contribution in [2.24, 2.45) is 0 Å². The maximum Gasteiger partial charge on any atom is 0.344 e. The van der Waals surface area contributed by atoms with E-state index in [1.54, 1.807) is 27.7 Å². The number of esters is 1. The molecule has 0 bridgehead atoms. The Morgan fingerprint density at radius 1 is 1.25 bits per heavy atom. The molecule has 0 spiro atoms. The molecule has 0 unspecified atom stereocenters. The van der Waals surface area contributed by atoms with Gasteiger partial charge in [-0.3, -0.25) is 0 Å². The second kappa shape index (κ2) is 6.85. The quantitative estimate of drug-likeness (QED) is 0.591. The highest BCUT2D eigenvalue weighted by Crippen LogP contribution is 2.27. The SMILES string of the molecule is CCOC(OCC)c1onc(C)c1C(=O)OC(C)(C)C. The van der Waals surface area contributed by atoms with Crippen LogP contribution >= 0.6 is 0 Å². The molecule has 6 heteroatoms. The molecular weight excluding hydrogens is 262 g/mol. The maximum atomic E-state index is 12.2. The topological polar surface area (TPSA) is 70.8 Å². The molecule has 0 aliphatic carbocycles. The molecule has 0 aromatic carbocycles. The Kier molecular flexibility index (Phi) is 5.71. The fourth-order valence-corrected chi connectivity index (χ4v) is 1.63. The van der Waals surface area contributed by atoms with Crippen LogP contribution in [0, 0.1) is 6.92 Å². The van der Waals surface area contributed by atoms with Crippen LogP contribution in [0.25, 0.3) is 0 Å². The summed E-state index contributed by atoms with van der Waals surface area (Å²) in [5, 5.41) is 3.82. The third kappa shape index (κ3) is 4.31. The highest BCUT2D eigenvalue weighted by Gasteiger charge is 2.31. The van der Waals surface area contributed by atoms with Crippen molar-refractivity contribution in [3.8, 4) is 0 Å². The number of carbonyl (C=O) groups is 1. The van der Waals surface area contributed by atoms with Crippen molar-refractivity contribution in [1.82, 2.24) is 5.16 Å². The molecule has 114 valence electrons. The number of hydrogen-bond donors (Lipinski definition) is 0. The van der Waals surface area contributed by atoms with Crippen LogP contribution in [0.3, 0.4) is 0 Å². The minimum absolute atomic E-state index is 0.250. The summed E-state index contributed by atoms with van der Waals surface area (Å²) in [4.78, 5) is 12.2. The van der Waals surface area contributed by atoms with E-state index in [-0.39, 0.29) is 11.3 Å². The third-order valence-electron chi connectivity index (χ3n) is 2.34. The number of nitrogens with zero attached hydrogens (tertiary/aromatic N) is 1. The van der Waals surface area contributed by atoms with Crippen LogP contribution in [-0.2, 0) is 14.2 Å². The summed E-state index contributed by atoms with van der Waals surface area (Å²) in [6, 6.07) is 0. The Labute approximate surface area is 119 Å². The van der Waals surface area contributed by atoms with Gasteiger partial charge in [-0.1, -0.05) is 5.16 Å². The van der Waals surface area contributed by atoms with Crippen LogP contribution < -0.4 is 0 Å². The number of rotatable bonds is 6. The Morgan fingerprint density at radius 2 is 1.80 bits per heavy atom. The van der Waals surface area contributed by atoms with Gasteiger partial charge < -0.3 is 18.7 Å². The van der Waals surface area contributed by atoms with Crippen molar-refractivity contribution < 1.29 is 23.5 Å². The fourth-order valence-electron chi connectivity index (χ4n) is 1.63. The first kappa shape index (κ1) is 16.7. The number of aryl methyl sites for hydroxylation is 1. The van der Waals surface area contributed by atoms with Gasteiger partial charge in [-0.2, -0.15) is 0 Å². The summed E-state index contributed by atoms with van der Waals surface area (Å²) in [5.41, 5.74) is 0.135. The molecule has 1 heterocycles. The van der Waals surface area contributed by atoms with Crippen molar-refractivity contribution in [2.75, 3.05) is 13.2 Å². The lowest BCUT2D eigenvalue weighted by Crippen LogP contribution is -2.25. The smallest absolute Gasteiger partial charge is 0.344 e. The van der Waals surface area contributed by atoms with Gasteiger partial charge in [0.25, 0.3) is 0 Å². The summed E-state index contributed by atoms with van der Waals surface area (Å²) in [6.07, 6.45) is -0.756. The number of aromatic nitrogens is 1. The predicted octanol–water partition coefficient (Wildman–Crippen LogP) is 3.01. The second-order valence-corrected chi connectivity index (χ2v) is 5.25. The van der Waals surface area contributed by atoms with Crippen LogP contribution in [0.15, 0.2) is 4.52 Å². The highest BCUT2D eigenvalue weighted by molar-refractivity contribution is 5.91. The molecule has 20 heavy (non-hydrogen) atoms. The first-order valence-corrected chi connectivity index (χ1v) is 6.72. The van der Waals surface area contributed by atoms with Gasteiger partial charge in [0.05, 0.1) is 5.69 Å². The van der Waals surface area contributed by atoms with Gasteiger partial charge >= 0.3 is 5.97 Å². The summed E-state index contributed by atoms with van der Waals surface area (Å²) < 4.78 is 21.4. The highest BCUT2D eigenvalue weighted by atomic mass is 16.7. The van der Waals surface area contributed by atoms with Gasteiger partial charge in [-0.25, -0.2) is 4.79 Å². The van der Waals surface area contributed by atoms with Crippen molar-refractivity contribution in [3.63, 3.8) is 0 Å². The second-order valence-electron chi connectivity index (χ2n) is 5.25. The largest absolute Gasteiger partial charge is 0.456 e. The average Bonchev–Trinajstić information content (AvgIpc) is 2.68. The Hall–Kier alpha value is -1.40. The van der Waals surface area contributed by atoms with E-state index in [4.69, 9.17) is 18.7 Å². The van der Waals surface area contributed by atoms with Crippen molar-refractivity contribution in [3.05, 3.63) is 17.0 Å². The van der Waals surface area contributed by atoms with E-state index in [1.165, 1.54) is 0 Å². The van der Waals surface area contributed by atoms with E-state index >= 15 is 0 Å². The van der Waals surface area contributed by atoms with E-state index in [9.17, 15) is 4.79 Å². The normalized spacial score (nSPS) is 11.9. The van der Waals surface area contributed by atoms with Gasteiger partial charge in [0.15, 0.2) is 0 Å². The molecule has 0 atom stereocenters. The van der Waals surface area contributed by atoms with Crippen molar-refractivity contribution >= 4 is 5.97 Å². The molecule has 0 aliphatic heterocycles. The van der Waals surface area contributed by atoms with Crippen LogP contribution in [-0.4, -0.2) is 29.9 Å². The lowest BCUT2D eigenvalue weighted by Gasteiger charge is -2.20. The van der Waals surface area contributed by atoms with Gasteiger partial charge in [0, 0.05) is 13.2 Å². The lowest BCUT2D eigenvalue weighted by molar-refractivity contribution is -0.152. The Balaban J connectivity index is 3.07. The molecule has 0 amide bonds. The first-order chi connectivity index (χ1) is 9.30. The minimum Gasteiger partial charge on any atom is -0.456 e. The summed E-state index contributed by atoms with van der Waals surface area (Å²) in [6.45, 7) is 11.6. The molecular formula is C14H23NO5. The zero-order valence-electron chi connectivity index (χ0n) is 13.0. The van der Waals surface area contributed by atoms with Gasteiger partial charge in [0.2, 0.25) is 12.1 Å². The van der Waals surface area contributed by atoms with E-state index in [0.29, 0.717) is 18.9 Å². The van der Waals surface area contributed by atoms with Crippen LogP contribution in [0.5, 0.6) is 0 Å². The fraction of sp³-hybridized carbons (Fsp3) is 0.714. The van der Waals surface area contributed by atoms with E-state index < -0.39 is 17.9 Å². The van der Waals surface area contributed by atoms with E-state index in [0.717, 1.165) is 0 Å². The summed E-state index contributed by atoms with van der Waals surface area (Å²) >= 11 is 0. The van der Waals surface area contributed by atoms with Crippen LogP contribution in [0.4, 0.5) is 0 Å². The molecule has 0 aliphatic rings. The monoisotopic (exact) mass is 285 g/mol. The first-order valence-electron chi connectivity index (χ1n) is 6.72. The number of carbonyl (C=O) groups excluding carboxylic acids is 1. The molecule has 0 saturated heterocycles. The zero-order valence-corrected chi connectivity index (χ0v) is 13.0. The lowest BCUT2D eigenvalue weighted by atomic mass is 10.1. The molecule has 6 nitrogen and oxygen atoms in total. The molecule has 1 aromatic rings. The molecule has 1 aromatic heterocycles. The zero-order chi connectivity index (χ0) is 15.3.